The summed E-state index contributed by atoms with van der Waals surface area (Å²) in [5, 5.41) is 0. The standard InChI is InChI=1S/C19H22N2O4S/c1-11-7-8-15-12(9-11)10-16(26-15)19(23)21-20-18(22)13-5-4-6-14(24-2)17(13)25-3/h4-6,10-11H,7-9H2,1-3H3,(H,20,22)(H,21,23). The summed E-state index contributed by atoms with van der Waals surface area (Å²) in [4.78, 5) is 26.7. The number of nitrogens with one attached hydrogen (secondary N) is 2. The minimum absolute atomic E-state index is 0.284. The zero-order chi connectivity index (χ0) is 18.7. The van der Waals surface area contributed by atoms with E-state index in [2.05, 4.69) is 17.8 Å². The van der Waals surface area contributed by atoms with Crippen molar-refractivity contribution in [3.05, 3.63) is 45.1 Å². The molecule has 0 saturated carbocycles. The van der Waals surface area contributed by atoms with Crippen LogP contribution < -0.4 is 20.3 Å². The molecule has 1 aliphatic rings. The van der Waals surface area contributed by atoms with E-state index in [1.807, 2.05) is 6.07 Å². The molecule has 2 aromatic rings. The number of amides is 2. The average molecular weight is 374 g/mol. The molecule has 0 aliphatic heterocycles. The van der Waals surface area contributed by atoms with Crippen molar-refractivity contribution in [3.63, 3.8) is 0 Å². The number of methoxy groups -OCH3 is 2. The fourth-order valence-electron chi connectivity index (χ4n) is 3.13. The van der Waals surface area contributed by atoms with Crippen molar-refractivity contribution in [1.29, 1.82) is 0 Å². The summed E-state index contributed by atoms with van der Waals surface area (Å²) in [6, 6.07) is 6.93. The lowest BCUT2D eigenvalue weighted by Crippen LogP contribution is -2.41. The second-order valence-electron chi connectivity index (χ2n) is 6.36. The molecule has 2 amide bonds. The number of aryl methyl sites for hydroxylation is 1. The van der Waals surface area contributed by atoms with Crippen molar-refractivity contribution in [2.24, 2.45) is 5.92 Å². The molecule has 1 atom stereocenters. The molecule has 3 rings (SSSR count). The maximum absolute atomic E-state index is 12.4. The Balaban J connectivity index is 1.68. The predicted molar refractivity (Wildman–Crippen MR) is 100.0 cm³/mol. The summed E-state index contributed by atoms with van der Waals surface area (Å²) in [6.07, 6.45) is 3.18. The highest BCUT2D eigenvalue weighted by atomic mass is 32.1. The van der Waals surface area contributed by atoms with Gasteiger partial charge in [-0.2, -0.15) is 0 Å². The highest BCUT2D eigenvalue weighted by Crippen LogP contribution is 2.32. The zero-order valence-corrected chi connectivity index (χ0v) is 15.9. The Kier molecular flexibility index (Phi) is 5.46. The van der Waals surface area contributed by atoms with E-state index < -0.39 is 5.91 Å². The highest BCUT2D eigenvalue weighted by Gasteiger charge is 2.21. The van der Waals surface area contributed by atoms with Crippen LogP contribution in [0.1, 0.15) is 43.8 Å². The molecule has 0 radical (unpaired) electrons. The topological polar surface area (TPSA) is 76.7 Å². The number of hydrazine groups is 1. The van der Waals surface area contributed by atoms with Crippen LogP contribution in [0.15, 0.2) is 24.3 Å². The zero-order valence-electron chi connectivity index (χ0n) is 15.0. The maximum atomic E-state index is 12.4. The molecule has 1 unspecified atom stereocenters. The first-order chi connectivity index (χ1) is 12.5. The first-order valence-electron chi connectivity index (χ1n) is 8.46. The number of carbonyl (C=O) groups is 2. The fourth-order valence-corrected chi connectivity index (χ4v) is 4.23. The molecule has 0 bridgehead atoms. The summed E-state index contributed by atoms with van der Waals surface area (Å²) in [7, 11) is 2.96. The molecule has 1 aromatic carbocycles. The summed E-state index contributed by atoms with van der Waals surface area (Å²) < 4.78 is 10.4. The number of ether oxygens (including phenoxy) is 2. The summed E-state index contributed by atoms with van der Waals surface area (Å²) in [5.41, 5.74) is 6.46. The summed E-state index contributed by atoms with van der Waals surface area (Å²) in [6.45, 7) is 2.22. The smallest absolute Gasteiger partial charge is 0.279 e. The Morgan fingerprint density at radius 2 is 1.92 bits per heavy atom. The van der Waals surface area contributed by atoms with Crippen molar-refractivity contribution in [2.45, 2.75) is 26.2 Å². The minimum Gasteiger partial charge on any atom is -0.493 e. The highest BCUT2D eigenvalue weighted by molar-refractivity contribution is 7.14. The van der Waals surface area contributed by atoms with Gasteiger partial charge in [0.05, 0.1) is 24.7 Å². The second-order valence-corrected chi connectivity index (χ2v) is 7.49. The van der Waals surface area contributed by atoms with Gasteiger partial charge in [-0.1, -0.05) is 13.0 Å². The molecule has 1 aliphatic carbocycles. The van der Waals surface area contributed by atoms with Gasteiger partial charge in [-0.3, -0.25) is 20.4 Å². The first-order valence-corrected chi connectivity index (χ1v) is 9.28. The molecule has 2 N–H and O–H groups in total. The van der Waals surface area contributed by atoms with Crippen LogP contribution in [-0.4, -0.2) is 26.0 Å². The third-order valence-corrected chi connectivity index (χ3v) is 5.73. The lowest BCUT2D eigenvalue weighted by atomic mass is 9.90. The van der Waals surface area contributed by atoms with Crippen molar-refractivity contribution in [3.8, 4) is 11.5 Å². The van der Waals surface area contributed by atoms with Crippen molar-refractivity contribution < 1.29 is 19.1 Å². The SMILES string of the molecule is COc1cccc(C(=O)NNC(=O)c2cc3c(s2)CCC(C)C3)c1OC. The predicted octanol–water partition coefficient (Wildman–Crippen LogP) is 2.96. The molecule has 1 heterocycles. The Labute approximate surface area is 156 Å². The molecule has 138 valence electrons. The molecule has 6 nitrogen and oxygen atoms in total. The van der Waals surface area contributed by atoms with Crippen LogP contribution in [0, 0.1) is 5.92 Å². The largest absolute Gasteiger partial charge is 0.493 e. The van der Waals surface area contributed by atoms with Gasteiger partial charge in [-0.15, -0.1) is 11.3 Å². The van der Waals surface area contributed by atoms with Gasteiger partial charge in [0.25, 0.3) is 11.8 Å². The third kappa shape index (κ3) is 3.67. The maximum Gasteiger partial charge on any atom is 0.279 e. The molecular weight excluding hydrogens is 352 g/mol. The van der Waals surface area contributed by atoms with E-state index in [1.54, 1.807) is 18.2 Å². The number of carbonyl (C=O) groups excluding carboxylic acids is 2. The number of thiophene rings is 1. The van der Waals surface area contributed by atoms with Gasteiger partial charge in [0.2, 0.25) is 0 Å². The van der Waals surface area contributed by atoms with E-state index in [0.29, 0.717) is 22.3 Å². The van der Waals surface area contributed by atoms with Gasteiger partial charge >= 0.3 is 0 Å². The van der Waals surface area contributed by atoms with Crippen molar-refractivity contribution >= 4 is 23.2 Å². The van der Waals surface area contributed by atoms with Gasteiger partial charge in [0.15, 0.2) is 11.5 Å². The van der Waals surface area contributed by atoms with E-state index in [9.17, 15) is 9.59 Å². The monoisotopic (exact) mass is 374 g/mol. The lowest BCUT2D eigenvalue weighted by Gasteiger charge is -2.16. The van der Waals surface area contributed by atoms with E-state index >= 15 is 0 Å². The minimum atomic E-state index is -0.468. The normalized spacial score (nSPS) is 15.7. The molecule has 0 fully saturated rings. The molecule has 0 spiro atoms. The average Bonchev–Trinajstić information content (AvgIpc) is 3.08. The van der Waals surface area contributed by atoms with Crippen LogP contribution in [-0.2, 0) is 12.8 Å². The molecule has 7 heteroatoms. The molecule has 1 aromatic heterocycles. The van der Waals surface area contributed by atoms with Gasteiger partial charge < -0.3 is 9.47 Å². The molecule has 0 saturated heterocycles. The van der Waals surface area contributed by atoms with Gasteiger partial charge in [0.1, 0.15) is 0 Å². The number of benzene rings is 1. The Morgan fingerprint density at radius 3 is 2.65 bits per heavy atom. The van der Waals surface area contributed by atoms with Gasteiger partial charge in [-0.05, 0) is 48.9 Å². The fraction of sp³-hybridized carbons (Fsp3) is 0.368. The second kappa shape index (κ2) is 7.78. The van der Waals surface area contributed by atoms with E-state index in [-0.39, 0.29) is 11.5 Å². The number of hydrogen-bond donors (Lipinski definition) is 2. The molecule has 26 heavy (non-hydrogen) atoms. The quantitative estimate of drug-likeness (QED) is 0.807. The van der Waals surface area contributed by atoms with Crippen molar-refractivity contribution in [2.75, 3.05) is 14.2 Å². The van der Waals surface area contributed by atoms with Gasteiger partial charge in [0, 0.05) is 4.88 Å². The van der Waals surface area contributed by atoms with Crippen LogP contribution in [0.4, 0.5) is 0 Å². The Morgan fingerprint density at radius 1 is 1.15 bits per heavy atom. The van der Waals surface area contributed by atoms with Crippen LogP contribution in [0.3, 0.4) is 0 Å². The number of fused-ring (bicyclic) bond motifs is 1. The van der Waals surface area contributed by atoms with E-state index in [0.717, 1.165) is 19.3 Å². The van der Waals surface area contributed by atoms with Crippen LogP contribution in [0.25, 0.3) is 0 Å². The van der Waals surface area contributed by atoms with Crippen LogP contribution in [0.5, 0.6) is 11.5 Å². The van der Waals surface area contributed by atoms with E-state index in [4.69, 9.17) is 9.47 Å². The Bertz CT molecular complexity index is 831. The lowest BCUT2D eigenvalue weighted by molar-refractivity contribution is 0.0846. The van der Waals surface area contributed by atoms with E-state index in [1.165, 1.54) is 36.0 Å². The number of rotatable bonds is 4. The van der Waals surface area contributed by atoms with Crippen LogP contribution >= 0.6 is 11.3 Å². The molecular formula is C19H22N2O4S. The summed E-state index contributed by atoms with van der Waals surface area (Å²) >= 11 is 1.50. The van der Waals surface area contributed by atoms with Crippen LogP contribution in [0.2, 0.25) is 0 Å². The first kappa shape index (κ1) is 18.3. The summed E-state index contributed by atoms with van der Waals surface area (Å²) in [5.74, 6) is 0.637. The number of para-hydroxylation sites is 1. The third-order valence-electron chi connectivity index (χ3n) is 4.49. The van der Waals surface area contributed by atoms with Crippen molar-refractivity contribution in [1.82, 2.24) is 10.9 Å². The van der Waals surface area contributed by atoms with Gasteiger partial charge in [-0.25, -0.2) is 0 Å². The number of hydrogen-bond acceptors (Lipinski definition) is 5. The Hall–Kier alpha value is -2.54.